The van der Waals surface area contributed by atoms with Gasteiger partial charge in [-0.25, -0.2) is 0 Å². The van der Waals surface area contributed by atoms with E-state index in [0.717, 1.165) is 24.9 Å². The second-order valence-electron chi connectivity index (χ2n) is 5.52. The van der Waals surface area contributed by atoms with Crippen LogP contribution in [0.2, 0.25) is 0 Å². The van der Waals surface area contributed by atoms with Crippen molar-refractivity contribution < 1.29 is 0 Å². The van der Waals surface area contributed by atoms with Gasteiger partial charge in [0.25, 0.3) is 0 Å². The topological polar surface area (TPSA) is 24.1 Å². The standard InChI is InChI=1S/C15H26N2/c1-2-3-11-16-14-9-5-4-8-13(14)15-10-6-7-12-17-15/h1,13-17H,3-12H2. The lowest BCUT2D eigenvalue weighted by atomic mass is 9.77. The first-order valence-corrected chi connectivity index (χ1v) is 7.32. The molecule has 96 valence electrons. The highest BCUT2D eigenvalue weighted by Crippen LogP contribution is 2.30. The summed E-state index contributed by atoms with van der Waals surface area (Å²) < 4.78 is 0. The zero-order chi connectivity index (χ0) is 11.9. The number of terminal acetylenes is 1. The largest absolute Gasteiger partial charge is 0.314 e. The van der Waals surface area contributed by atoms with Crippen molar-refractivity contribution in [3.63, 3.8) is 0 Å². The van der Waals surface area contributed by atoms with Crippen molar-refractivity contribution in [1.82, 2.24) is 10.6 Å². The molecule has 1 aliphatic carbocycles. The van der Waals surface area contributed by atoms with E-state index >= 15 is 0 Å². The molecule has 0 spiro atoms. The maximum absolute atomic E-state index is 5.32. The van der Waals surface area contributed by atoms with E-state index < -0.39 is 0 Å². The molecule has 1 saturated carbocycles. The number of piperidine rings is 1. The Hall–Kier alpha value is -0.520. The summed E-state index contributed by atoms with van der Waals surface area (Å²) >= 11 is 0. The molecule has 2 fully saturated rings. The molecule has 1 heterocycles. The van der Waals surface area contributed by atoms with Crippen molar-refractivity contribution in [2.45, 2.75) is 63.5 Å². The molecule has 3 unspecified atom stereocenters. The number of rotatable bonds is 4. The Morgan fingerprint density at radius 2 is 1.94 bits per heavy atom. The van der Waals surface area contributed by atoms with E-state index in [-0.39, 0.29) is 0 Å². The minimum atomic E-state index is 0.702. The lowest BCUT2D eigenvalue weighted by Gasteiger charge is -2.40. The molecule has 1 aliphatic heterocycles. The summed E-state index contributed by atoms with van der Waals surface area (Å²) in [6, 6.07) is 1.46. The summed E-state index contributed by atoms with van der Waals surface area (Å²) in [7, 11) is 0. The highest BCUT2D eigenvalue weighted by molar-refractivity contribution is 4.92. The molecule has 0 aromatic carbocycles. The molecular formula is C15H26N2. The molecule has 0 radical (unpaired) electrons. The van der Waals surface area contributed by atoms with Crippen molar-refractivity contribution in [2.75, 3.05) is 13.1 Å². The van der Waals surface area contributed by atoms with Crippen LogP contribution in [0.4, 0.5) is 0 Å². The van der Waals surface area contributed by atoms with Crippen LogP contribution >= 0.6 is 0 Å². The van der Waals surface area contributed by atoms with E-state index in [0.29, 0.717) is 6.04 Å². The zero-order valence-corrected chi connectivity index (χ0v) is 10.9. The first-order valence-electron chi connectivity index (χ1n) is 7.32. The van der Waals surface area contributed by atoms with Crippen LogP contribution in [0.15, 0.2) is 0 Å². The third-order valence-electron chi connectivity index (χ3n) is 4.36. The van der Waals surface area contributed by atoms with Gasteiger partial charge >= 0.3 is 0 Å². The van der Waals surface area contributed by atoms with Gasteiger partial charge < -0.3 is 10.6 Å². The molecule has 2 nitrogen and oxygen atoms in total. The normalized spacial score (nSPS) is 34.2. The van der Waals surface area contributed by atoms with Gasteiger partial charge in [-0.3, -0.25) is 0 Å². The van der Waals surface area contributed by atoms with Crippen LogP contribution in [-0.2, 0) is 0 Å². The van der Waals surface area contributed by atoms with Gasteiger partial charge in [-0.15, -0.1) is 12.3 Å². The molecule has 2 rings (SSSR count). The van der Waals surface area contributed by atoms with Crippen molar-refractivity contribution >= 4 is 0 Å². The SMILES string of the molecule is C#CCCNC1CCCCC1C1CCCCN1. The van der Waals surface area contributed by atoms with Crippen LogP contribution in [-0.4, -0.2) is 25.2 Å². The summed E-state index contributed by atoms with van der Waals surface area (Å²) in [5, 5.41) is 7.42. The van der Waals surface area contributed by atoms with Gasteiger partial charge in [0.1, 0.15) is 0 Å². The maximum Gasteiger partial charge on any atom is 0.0212 e. The quantitative estimate of drug-likeness (QED) is 0.576. The predicted octanol–water partition coefficient (Wildman–Crippen LogP) is 2.30. The minimum absolute atomic E-state index is 0.702. The Morgan fingerprint density at radius 3 is 2.71 bits per heavy atom. The van der Waals surface area contributed by atoms with Crippen LogP contribution in [0.5, 0.6) is 0 Å². The van der Waals surface area contributed by atoms with Crippen molar-refractivity contribution in [3.8, 4) is 12.3 Å². The highest BCUT2D eigenvalue weighted by Gasteiger charge is 2.31. The van der Waals surface area contributed by atoms with Gasteiger partial charge in [0, 0.05) is 25.0 Å². The molecular weight excluding hydrogens is 208 g/mol. The van der Waals surface area contributed by atoms with Gasteiger partial charge in [-0.05, 0) is 38.1 Å². The second kappa shape index (κ2) is 7.03. The molecule has 1 saturated heterocycles. The predicted molar refractivity (Wildman–Crippen MR) is 72.8 cm³/mol. The molecule has 17 heavy (non-hydrogen) atoms. The first-order chi connectivity index (χ1) is 8.42. The Bertz CT molecular complexity index is 250. The average molecular weight is 234 g/mol. The summed E-state index contributed by atoms with van der Waals surface area (Å²) in [6.45, 7) is 2.21. The monoisotopic (exact) mass is 234 g/mol. The van der Waals surface area contributed by atoms with Crippen LogP contribution in [0.3, 0.4) is 0 Å². The third kappa shape index (κ3) is 3.72. The molecule has 0 aromatic rings. The summed E-state index contributed by atoms with van der Waals surface area (Å²) in [5.41, 5.74) is 0. The molecule has 2 N–H and O–H groups in total. The Morgan fingerprint density at radius 1 is 1.12 bits per heavy atom. The first kappa shape index (κ1) is 12.9. The summed E-state index contributed by atoms with van der Waals surface area (Å²) in [5.74, 6) is 3.56. The average Bonchev–Trinajstić information content (AvgIpc) is 2.41. The number of nitrogens with one attached hydrogen (secondary N) is 2. The maximum atomic E-state index is 5.32. The number of hydrogen-bond donors (Lipinski definition) is 2. The lowest BCUT2D eigenvalue weighted by Crippen LogP contribution is -2.50. The van der Waals surface area contributed by atoms with Gasteiger partial charge in [0.2, 0.25) is 0 Å². The molecule has 0 bridgehead atoms. The van der Waals surface area contributed by atoms with E-state index in [1.54, 1.807) is 0 Å². The van der Waals surface area contributed by atoms with Crippen LogP contribution < -0.4 is 10.6 Å². The Kier molecular flexibility index (Phi) is 5.35. The van der Waals surface area contributed by atoms with Crippen LogP contribution in [0.1, 0.15) is 51.4 Å². The molecule has 0 aromatic heterocycles. The van der Waals surface area contributed by atoms with Gasteiger partial charge in [0.05, 0.1) is 0 Å². The summed E-state index contributed by atoms with van der Waals surface area (Å²) in [6.07, 6.45) is 15.9. The van der Waals surface area contributed by atoms with E-state index in [1.165, 1.54) is 51.5 Å². The minimum Gasteiger partial charge on any atom is -0.314 e. The van der Waals surface area contributed by atoms with E-state index in [2.05, 4.69) is 16.6 Å². The fourth-order valence-electron chi connectivity index (χ4n) is 3.47. The second-order valence-corrected chi connectivity index (χ2v) is 5.52. The lowest BCUT2D eigenvalue weighted by molar-refractivity contribution is 0.183. The van der Waals surface area contributed by atoms with Gasteiger partial charge in [-0.1, -0.05) is 19.3 Å². The van der Waals surface area contributed by atoms with E-state index in [9.17, 15) is 0 Å². The fraction of sp³-hybridized carbons (Fsp3) is 0.867. The Balaban J connectivity index is 1.84. The molecule has 2 heteroatoms. The molecule has 2 aliphatic rings. The van der Waals surface area contributed by atoms with Gasteiger partial charge in [0.15, 0.2) is 0 Å². The smallest absolute Gasteiger partial charge is 0.0212 e. The summed E-state index contributed by atoms with van der Waals surface area (Å²) in [4.78, 5) is 0. The molecule has 3 atom stereocenters. The highest BCUT2D eigenvalue weighted by atomic mass is 15.0. The fourth-order valence-corrected chi connectivity index (χ4v) is 3.47. The number of hydrogen-bond acceptors (Lipinski definition) is 2. The van der Waals surface area contributed by atoms with Crippen LogP contribution in [0.25, 0.3) is 0 Å². The van der Waals surface area contributed by atoms with Crippen LogP contribution in [0, 0.1) is 18.3 Å². The van der Waals surface area contributed by atoms with Gasteiger partial charge in [-0.2, -0.15) is 0 Å². The van der Waals surface area contributed by atoms with Crippen molar-refractivity contribution in [2.24, 2.45) is 5.92 Å². The zero-order valence-electron chi connectivity index (χ0n) is 10.9. The van der Waals surface area contributed by atoms with Crippen molar-refractivity contribution in [1.29, 1.82) is 0 Å². The molecule has 0 amide bonds. The van der Waals surface area contributed by atoms with E-state index in [4.69, 9.17) is 6.42 Å². The Labute approximate surface area is 106 Å². The van der Waals surface area contributed by atoms with Crippen molar-refractivity contribution in [3.05, 3.63) is 0 Å². The van der Waals surface area contributed by atoms with E-state index in [1.807, 2.05) is 0 Å². The third-order valence-corrected chi connectivity index (χ3v) is 4.36.